The Hall–Kier alpha value is -2.45. The Balaban J connectivity index is 2.02. The van der Waals surface area contributed by atoms with Crippen LogP contribution in [0.15, 0.2) is 18.2 Å². The van der Waals surface area contributed by atoms with E-state index in [2.05, 4.69) is 5.32 Å². The highest BCUT2D eigenvalue weighted by atomic mass is 32.1. The molecule has 0 radical (unpaired) electrons. The van der Waals surface area contributed by atoms with E-state index in [1.54, 1.807) is 12.1 Å². The highest BCUT2D eigenvalue weighted by Crippen LogP contribution is 2.32. The summed E-state index contributed by atoms with van der Waals surface area (Å²) in [5.74, 6) is -0.943. The summed E-state index contributed by atoms with van der Waals surface area (Å²) in [6.45, 7) is 4.35. The third-order valence-electron chi connectivity index (χ3n) is 4.21. The molecule has 1 heterocycles. The van der Waals surface area contributed by atoms with Crippen molar-refractivity contribution in [1.29, 1.82) is 0 Å². The van der Waals surface area contributed by atoms with Gasteiger partial charge in [0.2, 0.25) is 0 Å². The Morgan fingerprint density at radius 2 is 1.96 bits per heavy atom. The molecular formula is C19H24FN2O4S+. The summed E-state index contributed by atoms with van der Waals surface area (Å²) in [6, 6.07) is 4.74. The summed E-state index contributed by atoms with van der Waals surface area (Å²) >= 11 is 1.34. The fourth-order valence-corrected chi connectivity index (χ4v) is 3.80. The van der Waals surface area contributed by atoms with Gasteiger partial charge in [0.05, 0.1) is 26.8 Å². The van der Waals surface area contributed by atoms with Crippen LogP contribution in [0.3, 0.4) is 0 Å². The van der Waals surface area contributed by atoms with Crippen LogP contribution in [0.2, 0.25) is 0 Å². The number of hydrogen-bond donors (Lipinski definition) is 2. The fourth-order valence-electron chi connectivity index (χ4n) is 2.74. The number of likely N-dealkylation sites (N-methyl/N-ethyl adjacent to an activating group) is 1. The number of benzene rings is 1. The molecule has 146 valence electrons. The second-order valence-electron chi connectivity index (χ2n) is 6.31. The number of methoxy groups -OCH3 is 2. The normalized spacial score (nSPS) is 11.8. The highest BCUT2D eigenvalue weighted by molar-refractivity contribution is 7.16. The molecule has 6 nitrogen and oxygen atoms in total. The zero-order valence-electron chi connectivity index (χ0n) is 16.1. The van der Waals surface area contributed by atoms with Crippen molar-refractivity contribution in [2.75, 3.05) is 33.1 Å². The fraction of sp³-hybridized carbons (Fsp3) is 0.368. The van der Waals surface area contributed by atoms with Crippen LogP contribution in [0.1, 0.15) is 26.4 Å². The van der Waals surface area contributed by atoms with E-state index in [1.807, 2.05) is 20.9 Å². The van der Waals surface area contributed by atoms with Gasteiger partial charge in [0, 0.05) is 10.4 Å². The lowest BCUT2D eigenvalue weighted by atomic mass is 10.1. The van der Waals surface area contributed by atoms with Gasteiger partial charge in [0.25, 0.3) is 5.91 Å². The van der Waals surface area contributed by atoms with E-state index in [9.17, 15) is 14.0 Å². The average molecular weight is 395 g/mol. The van der Waals surface area contributed by atoms with E-state index < -0.39 is 11.8 Å². The average Bonchev–Trinajstić information content (AvgIpc) is 2.87. The second kappa shape index (κ2) is 8.96. The maximum absolute atomic E-state index is 13.8. The molecule has 0 spiro atoms. The van der Waals surface area contributed by atoms with E-state index in [0.29, 0.717) is 17.1 Å². The van der Waals surface area contributed by atoms with Gasteiger partial charge in [-0.2, -0.15) is 0 Å². The minimum Gasteiger partial charge on any atom is -0.494 e. The van der Waals surface area contributed by atoms with Crippen molar-refractivity contribution in [2.24, 2.45) is 0 Å². The zero-order chi connectivity index (χ0) is 20.1. The predicted molar refractivity (Wildman–Crippen MR) is 102 cm³/mol. The van der Waals surface area contributed by atoms with Gasteiger partial charge < -0.3 is 19.7 Å². The van der Waals surface area contributed by atoms with Gasteiger partial charge in [-0.1, -0.05) is 0 Å². The second-order valence-corrected chi connectivity index (χ2v) is 7.53. The summed E-state index contributed by atoms with van der Waals surface area (Å²) in [4.78, 5) is 26.2. The number of hydrogen-bond acceptors (Lipinski definition) is 5. The van der Waals surface area contributed by atoms with E-state index in [1.165, 1.54) is 31.6 Å². The molecule has 2 N–H and O–H groups in total. The topological polar surface area (TPSA) is 69.1 Å². The van der Waals surface area contributed by atoms with Gasteiger partial charge in [-0.3, -0.25) is 4.79 Å². The molecule has 0 bridgehead atoms. The number of carbonyl (C=O) groups is 2. The van der Waals surface area contributed by atoms with Crippen molar-refractivity contribution in [3.8, 4) is 5.75 Å². The van der Waals surface area contributed by atoms with Crippen LogP contribution >= 0.6 is 11.3 Å². The zero-order valence-corrected chi connectivity index (χ0v) is 16.9. The third-order valence-corrected chi connectivity index (χ3v) is 5.33. The van der Waals surface area contributed by atoms with Crippen LogP contribution in [0.4, 0.5) is 9.39 Å². The third kappa shape index (κ3) is 5.05. The molecular weight excluding hydrogens is 371 g/mol. The van der Waals surface area contributed by atoms with Gasteiger partial charge in [-0.05, 0) is 37.6 Å². The van der Waals surface area contributed by atoms with Crippen LogP contribution in [-0.2, 0) is 16.1 Å². The predicted octanol–water partition coefficient (Wildman–Crippen LogP) is 1.95. The van der Waals surface area contributed by atoms with Crippen LogP contribution in [0, 0.1) is 19.7 Å². The van der Waals surface area contributed by atoms with Crippen molar-refractivity contribution in [3.05, 3.63) is 45.6 Å². The molecule has 1 aromatic heterocycles. The molecule has 8 heteroatoms. The first kappa shape index (κ1) is 20.9. The van der Waals surface area contributed by atoms with Crippen LogP contribution < -0.4 is 15.0 Å². The molecule has 0 saturated heterocycles. The van der Waals surface area contributed by atoms with E-state index in [4.69, 9.17) is 9.47 Å². The SMILES string of the molecule is COC(=O)c1c(NC(=O)C[NH+](C)Cc2ccc(OC)c(F)c2)sc(C)c1C. The minimum absolute atomic E-state index is 0.171. The lowest BCUT2D eigenvalue weighted by molar-refractivity contribution is -0.885. The van der Waals surface area contributed by atoms with Gasteiger partial charge >= 0.3 is 5.97 Å². The number of amides is 1. The minimum atomic E-state index is -0.471. The highest BCUT2D eigenvalue weighted by Gasteiger charge is 2.22. The van der Waals surface area contributed by atoms with Crippen LogP contribution in [0.25, 0.3) is 0 Å². The maximum Gasteiger partial charge on any atom is 0.341 e. The Morgan fingerprint density at radius 1 is 1.26 bits per heavy atom. The van der Waals surface area contributed by atoms with Crippen LogP contribution in [0.5, 0.6) is 5.75 Å². The molecule has 0 aliphatic heterocycles. The number of quaternary nitrogens is 1. The van der Waals surface area contributed by atoms with Crippen molar-refractivity contribution in [3.63, 3.8) is 0 Å². The number of esters is 1. The monoisotopic (exact) mass is 395 g/mol. The molecule has 2 aromatic rings. The summed E-state index contributed by atoms with van der Waals surface area (Å²) in [5.41, 5.74) is 1.96. The van der Waals surface area contributed by atoms with E-state index >= 15 is 0 Å². The lowest BCUT2D eigenvalue weighted by Gasteiger charge is -2.14. The Bertz CT molecular complexity index is 850. The molecule has 27 heavy (non-hydrogen) atoms. The number of nitrogens with one attached hydrogen (secondary N) is 2. The summed E-state index contributed by atoms with van der Waals surface area (Å²) in [6.07, 6.45) is 0. The van der Waals surface area contributed by atoms with Crippen molar-refractivity contribution in [2.45, 2.75) is 20.4 Å². The maximum atomic E-state index is 13.8. The number of thiophene rings is 1. The van der Waals surface area contributed by atoms with Crippen molar-refractivity contribution in [1.82, 2.24) is 0 Å². The Morgan fingerprint density at radius 3 is 2.56 bits per heavy atom. The standard InChI is InChI=1S/C19H23FN2O4S/c1-11-12(2)27-18(17(11)19(24)26-5)21-16(23)10-22(3)9-13-6-7-15(25-4)14(20)8-13/h6-8H,9-10H2,1-5H3,(H,21,23)/p+1. The molecule has 1 unspecified atom stereocenters. The summed E-state index contributed by atoms with van der Waals surface area (Å²) in [5, 5.41) is 3.29. The number of carbonyl (C=O) groups excluding carboxylic acids is 2. The quantitative estimate of drug-likeness (QED) is 0.704. The molecule has 1 aromatic carbocycles. The Kier molecular flexibility index (Phi) is 6.92. The molecule has 1 atom stereocenters. The first-order chi connectivity index (χ1) is 12.8. The number of ether oxygens (including phenoxy) is 2. The van der Waals surface area contributed by atoms with Gasteiger partial charge in [-0.15, -0.1) is 11.3 Å². The molecule has 0 fully saturated rings. The van der Waals surface area contributed by atoms with E-state index in [0.717, 1.165) is 20.9 Å². The van der Waals surface area contributed by atoms with Gasteiger partial charge in [0.1, 0.15) is 11.5 Å². The Labute approximate surface area is 161 Å². The largest absolute Gasteiger partial charge is 0.494 e. The molecule has 2 rings (SSSR count). The lowest BCUT2D eigenvalue weighted by Crippen LogP contribution is -3.08. The van der Waals surface area contributed by atoms with Gasteiger partial charge in [0.15, 0.2) is 18.1 Å². The number of rotatable bonds is 7. The summed E-state index contributed by atoms with van der Waals surface area (Å²) < 4.78 is 23.5. The summed E-state index contributed by atoms with van der Waals surface area (Å²) in [7, 11) is 4.57. The number of aryl methyl sites for hydroxylation is 1. The van der Waals surface area contributed by atoms with Crippen molar-refractivity contribution < 1.29 is 28.4 Å². The first-order valence-corrected chi connectivity index (χ1v) is 9.20. The number of anilines is 1. The smallest absolute Gasteiger partial charge is 0.341 e. The number of halogens is 1. The molecule has 0 aliphatic carbocycles. The van der Waals surface area contributed by atoms with Gasteiger partial charge in [-0.25, -0.2) is 9.18 Å². The van der Waals surface area contributed by atoms with E-state index in [-0.39, 0.29) is 18.2 Å². The molecule has 1 amide bonds. The van der Waals surface area contributed by atoms with Crippen LogP contribution in [-0.4, -0.2) is 39.7 Å². The molecule has 0 saturated carbocycles. The van der Waals surface area contributed by atoms with Crippen molar-refractivity contribution >= 4 is 28.2 Å². The molecule has 0 aliphatic rings. The first-order valence-electron chi connectivity index (χ1n) is 8.38.